The molecule has 0 unspecified atom stereocenters. The summed E-state index contributed by atoms with van der Waals surface area (Å²) >= 11 is 1.27. The number of hydrogen-bond donors (Lipinski definition) is 1. The molecule has 0 fully saturated rings. The molecule has 8 nitrogen and oxygen atoms in total. The van der Waals surface area contributed by atoms with Gasteiger partial charge < -0.3 is 24.7 Å². The average Bonchev–Trinajstić information content (AvgIpc) is 3.09. The molecule has 3 rings (SSSR count). The highest BCUT2D eigenvalue weighted by Gasteiger charge is 2.28. The molecule has 0 radical (unpaired) electrons. The molecule has 0 amide bonds. The summed E-state index contributed by atoms with van der Waals surface area (Å²) in [6.07, 6.45) is 1.71. The number of esters is 1. The molecule has 112 valence electrons. The van der Waals surface area contributed by atoms with E-state index in [9.17, 15) is 4.79 Å². The van der Waals surface area contributed by atoms with Crippen LogP contribution in [0.15, 0.2) is 6.33 Å². The van der Waals surface area contributed by atoms with Crippen LogP contribution in [0.4, 0.5) is 10.7 Å². The number of thiophene rings is 1. The first-order valence-electron chi connectivity index (χ1n) is 6.32. The quantitative estimate of drug-likeness (QED) is 0.835. The fourth-order valence-corrected chi connectivity index (χ4v) is 3.44. The van der Waals surface area contributed by atoms with Crippen LogP contribution in [0, 0.1) is 0 Å². The zero-order valence-corrected chi connectivity index (χ0v) is 12.5. The average molecular weight is 309 g/mol. The van der Waals surface area contributed by atoms with Gasteiger partial charge in [-0.15, -0.1) is 21.5 Å². The Hall–Kier alpha value is -2.29. The Morgan fingerprint density at radius 1 is 1.43 bits per heavy atom. The van der Waals surface area contributed by atoms with Crippen molar-refractivity contribution in [2.24, 2.45) is 0 Å². The molecule has 2 aromatic heterocycles. The number of carbonyl (C=O) groups is 1. The molecule has 0 spiro atoms. The number of nitrogens with two attached hydrogens (primary N) is 1. The van der Waals surface area contributed by atoms with Crippen LogP contribution in [0.3, 0.4) is 0 Å². The van der Waals surface area contributed by atoms with E-state index in [4.69, 9.17) is 15.2 Å². The third kappa shape index (κ3) is 2.19. The number of carbonyl (C=O) groups excluding carboxylic acids is 1. The minimum atomic E-state index is -0.456. The van der Waals surface area contributed by atoms with Crippen molar-refractivity contribution in [2.75, 3.05) is 31.4 Å². The second-order valence-corrected chi connectivity index (χ2v) is 5.54. The molecule has 3 heterocycles. The van der Waals surface area contributed by atoms with E-state index < -0.39 is 5.97 Å². The van der Waals surface area contributed by atoms with Crippen molar-refractivity contribution in [2.45, 2.75) is 13.1 Å². The number of hydrogen-bond acceptors (Lipinski definition) is 8. The number of aromatic nitrogens is 3. The number of nitrogens with zero attached hydrogens (tertiary/aromatic N) is 4. The Morgan fingerprint density at radius 2 is 2.24 bits per heavy atom. The van der Waals surface area contributed by atoms with Gasteiger partial charge in [0, 0.05) is 13.1 Å². The minimum Gasteiger partial charge on any atom is -0.492 e. The summed E-state index contributed by atoms with van der Waals surface area (Å²) in [6.45, 7) is 2.13. The second kappa shape index (κ2) is 5.24. The normalized spacial score (nSPS) is 13.9. The monoisotopic (exact) mass is 309 g/mol. The lowest BCUT2D eigenvalue weighted by Crippen LogP contribution is -2.33. The molecule has 2 aromatic rings. The van der Waals surface area contributed by atoms with Gasteiger partial charge in [-0.25, -0.2) is 4.79 Å². The van der Waals surface area contributed by atoms with E-state index in [1.807, 2.05) is 4.57 Å². The Bertz CT molecular complexity index is 680. The van der Waals surface area contributed by atoms with Crippen molar-refractivity contribution in [3.8, 4) is 5.75 Å². The maximum absolute atomic E-state index is 11.8. The number of ether oxygens (including phenoxy) is 2. The van der Waals surface area contributed by atoms with Crippen LogP contribution in [0.5, 0.6) is 5.75 Å². The Kier molecular flexibility index (Phi) is 3.42. The fourth-order valence-electron chi connectivity index (χ4n) is 2.31. The molecule has 9 heteroatoms. The number of nitrogen functional groups attached to an aromatic ring is 1. The van der Waals surface area contributed by atoms with Crippen LogP contribution in [0.25, 0.3) is 0 Å². The van der Waals surface area contributed by atoms with E-state index in [2.05, 4.69) is 15.1 Å². The lowest BCUT2D eigenvalue weighted by Gasteiger charge is -2.28. The summed E-state index contributed by atoms with van der Waals surface area (Å²) in [7, 11) is 2.87. The Balaban J connectivity index is 1.97. The fraction of sp³-hybridized carbons (Fsp3) is 0.417. The smallest absolute Gasteiger partial charge is 0.350 e. The van der Waals surface area contributed by atoms with Crippen molar-refractivity contribution < 1.29 is 14.3 Å². The Morgan fingerprint density at radius 3 is 2.95 bits per heavy atom. The summed E-state index contributed by atoms with van der Waals surface area (Å²) in [5, 5.41) is 8.79. The summed E-state index contributed by atoms with van der Waals surface area (Å²) in [4.78, 5) is 14.2. The van der Waals surface area contributed by atoms with Gasteiger partial charge in [0.1, 0.15) is 21.9 Å². The van der Waals surface area contributed by atoms with Gasteiger partial charge >= 0.3 is 5.97 Å². The van der Waals surface area contributed by atoms with Crippen LogP contribution >= 0.6 is 11.3 Å². The number of anilines is 2. The molecule has 1 aliphatic rings. The predicted octanol–water partition coefficient (Wildman–Crippen LogP) is 0.737. The van der Waals surface area contributed by atoms with Crippen LogP contribution in [-0.2, 0) is 17.8 Å². The lowest BCUT2D eigenvalue weighted by molar-refractivity contribution is 0.0607. The number of fused-ring (bicyclic) bond motifs is 1. The molecule has 0 atom stereocenters. The second-order valence-electron chi connectivity index (χ2n) is 4.54. The number of rotatable bonds is 3. The van der Waals surface area contributed by atoms with Crippen molar-refractivity contribution >= 4 is 28.0 Å². The van der Waals surface area contributed by atoms with Crippen LogP contribution in [-0.4, -0.2) is 41.5 Å². The predicted molar refractivity (Wildman–Crippen MR) is 77.7 cm³/mol. The van der Waals surface area contributed by atoms with Gasteiger partial charge in [0.15, 0.2) is 11.6 Å². The van der Waals surface area contributed by atoms with E-state index in [0.717, 1.165) is 23.9 Å². The van der Waals surface area contributed by atoms with Crippen molar-refractivity contribution in [1.82, 2.24) is 14.8 Å². The van der Waals surface area contributed by atoms with Crippen molar-refractivity contribution in [3.05, 3.63) is 17.0 Å². The van der Waals surface area contributed by atoms with E-state index in [1.54, 1.807) is 6.33 Å². The standard InChI is InChI=1S/C12H15N5O3S/c1-19-9-8(13)10(12(18)20-2)21-11(9)16-3-4-17-6-14-15-7(17)5-16/h6H,3-5,13H2,1-2H3. The van der Waals surface area contributed by atoms with Gasteiger partial charge in [-0.2, -0.15) is 0 Å². The molecule has 1 aliphatic heterocycles. The molecule has 0 aromatic carbocycles. The summed E-state index contributed by atoms with van der Waals surface area (Å²) in [5.74, 6) is 0.922. The SMILES string of the molecule is COC(=O)c1sc(N2CCn3cnnc3C2)c(OC)c1N. The van der Waals surface area contributed by atoms with Gasteiger partial charge in [-0.3, -0.25) is 0 Å². The third-order valence-electron chi connectivity index (χ3n) is 3.38. The molecule has 0 saturated heterocycles. The summed E-state index contributed by atoms with van der Waals surface area (Å²) in [6, 6.07) is 0. The first-order valence-corrected chi connectivity index (χ1v) is 7.13. The third-order valence-corrected chi connectivity index (χ3v) is 4.61. The molecular formula is C12H15N5O3S. The van der Waals surface area contributed by atoms with Gasteiger partial charge in [-0.05, 0) is 0 Å². The largest absolute Gasteiger partial charge is 0.492 e. The highest BCUT2D eigenvalue weighted by atomic mass is 32.1. The Labute approximate surface area is 125 Å². The van der Waals surface area contributed by atoms with Crippen LogP contribution < -0.4 is 15.4 Å². The van der Waals surface area contributed by atoms with Gasteiger partial charge in [-0.1, -0.05) is 0 Å². The molecule has 0 saturated carbocycles. The van der Waals surface area contributed by atoms with E-state index in [1.165, 1.54) is 25.6 Å². The zero-order chi connectivity index (χ0) is 15.0. The highest BCUT2D eigenvalue weighted by molar-refractivity contribution is 7.19. The van der Waals surface area contributed by atoms with Gasteiger partial charge in [0.25, 0.3) is 0 Å². The van der Waals surface area contributed by atoms with E-state index >= 15 is 0 Å². The first-order chi connectivity index (χ1) is 10.2. The molecule has 21 heavy (non-hydrogen) atoms. The molecule has 0 aliphatic carbocycles. The van der Waals surface area contributed by atoms with E-state index in [0.29, 0.717) is 22.9 Å². The van der Waals surface area contributed by atoms with Crippen LogP contribution in [0.2, 0.25) is 0 Å². The van der Waals surface area contributed by atoms with Gasteiger partial charge in [0.2, 0.25) is 0 Å². The summed E-state index contributed by atoms with van der Waals surface area (Å²) < 4.78 is 12.1. The van der Waals surface area contributed by atoms with Gasteiger partial charge in [0.05, 0.1) is 20.8 Å². The molecular weight excluding hydrogens is 294 g/mol. The van der Waals surface area contributed by atoms with Crippen molar-refractivity contribution in [3.63, 3.8) is 0 Å². The topological polar surface area (TPSA) is 95.5 Å². The van der Waals surface area contributed by atoms with Crippen LogP contribution in [0.1, 0.15) is 15.5 Å². The maximum atomic E-state index is 11.8. The summed E-state index contributed by atoms with van der Waals surface area (Å²) in [5.41, 5.74) is 6.31. The number of methoxy groups -OCH3 is 2. The van der Waals surface area contributed by atoms with Crippen molar-refractivity contribution in [1.29, 1.82) is 0 Å². The highest BCUT2D eigenvalue weighted by Crippen LogP contribution is 2.45. The maximum Gasteiger partial charge on any atom is 0.350 e. The van der Waals surface area contributed by atoms with E-state index in [-0.39, 0.29) is 0 Å². The minimum absolute atomic E-state index is 0.316. The zero-order valence-electron chi connectivity index (χ0n) is 11.7. The molecule has 0 bridgehead atoms. The first kappa shape index (κ1) is 13.7. The molecule has 2 N–H and O–H groups in total. The lowest BCUT2D eigenvalue weighted by atomic mass is 10.3.